The molecule has 100 valence electrons. The molecule has 1 aliphatic rings. The molecule has 1 aliphatic heterocycles. The summed E-state index contributed by atoms with van der Waals surface area (Å²) in [5, 5.41) is 0. The number of carbonyl (C=O) groups excluding carboxylic acids is 1. The summed E-state index contributed by atoms with van der Waals surface area (Å²) >= 11 is 4.13. The Bertz CT molecular complexity index is 210. The van der Waals surface area contributed by atoms with Gasteiger partial charge in [-0.1, -0.05) is 6.92 Å². The maximum Gasteiger partial charge on any atom is 0.306 e. The van der Waals surface area contributed by atoms with Gasteiger partial charge in [0.1, 0.15) is 0 Å². The van der Waals surface area contributed by atoms with Crippen LogP contribution in [0.15, 0.2) is 0 Å². The van der Waals surface area contributed by atoms with E-state index in [0.717, 1.165) is 6.42 Å². The minimum Gasteiger partial charge on any atom is -0.465 e. The lowest BCUT2D eigenvalue weighted by molar-refractivity contribution is -0.137. The molecule has 0 spiro atoms. The highest BCUT2D eigenvalue weighted by molar-refractivity contribution is 8.00. The van der Waals surface area contributed by atoms with Gasteiger partial charge in [0.2, 0.25) is 0 Å². The third kappa shape index (κ3) is 7.98. The highest BCUT2D eigenvalue weighted by Gasteiger charge is 2.22. The van der Waals surface area contributed by atoms with E-state index < -0.39 is 0 Å². The number of ether oxygens (including phenoxy) is 1. The first kappa shape index (κ1) is 15.2. The molecule has 1 rings (SSSR count). The number of hydrogen-bond acceptors (Lipinski definition) is 4. The average Bonchev–Trinajstić information content (AvgIpc) is 2.73. The van der Waals surface area contributed by atoms with Crippen molar-refractivity contribution in [3.63, 3.8) is 0 Å². The Morgan fingerprint density at radius 1 is 1.18 bits per heavy atom. The smallest absolute Gasteiger partial charge is 0.306 e. The molecule has 2 nitrogen and oxygen atoms in total. The van der Waals surface area contributed by atoms with Crippen LogP contribution in [0.2, 0.25) is 0 Å². The molecule has 1 saturated heterocycles. The summed E-state index contributed by atoms with van der Waals surface area (Å²) in [5.74, 6) is 5.64. The molecular weight excluding hydrogens is 252 g/mol. The zero-order valence-electron chi connectivity index (χ0n) is 10.8. The molecule has 0 saturated carbocycles. The molecule has 0 amide bonds. The second-order valence-electron chi connectivity index (χ2n) is 4.47. The highest BCUT2D eigenvalue weighted by Crippen LogP contribution is 2.20. The van der Waals surface area contributed by atoms with E-state index in [1.54, 1.807) is 0 Å². The lowest BCUT2D eigenvalue weighted by Crippen LogP contribution is -1.99. The Morgan fingerprint density at radius 3 is 2.53 bits per heavy atom. The zero-order chi connectivity index (χ0) is 12.3. The SMILES string of the molecule is CCCSCCCSCCCC1COC(=O)C1. The van der Waals surface area contributed by atoms with Crippen LogP contribution in [0.3, 0.4) is 0 Å². The summed E-state index contributed by atoms with van der Waals surface area (Å²) in [4.78, 5) is 10.9. The minimum absolute atomic E-state index is 0.00407. The standard InChI is InChI=1S/C13H24O2S2/c1-2-6-16-8-4-9-17-7-3-5-12-10-13(14)15-11-12/h12H,2-11H2,1H3. The van der Waals surface area contributed by atoms with Gasteiger partial charge in [0.05, 0.1) is 13.0 Å². The quantitative estimate of drug-likeness (QED) is 0.450. The summed E-state index contributed by atoms with van der Waals surface area (Å²) in [7, 11) is 0. The van der Waals surface area contributed by atoms with Gasteiger partial charge in [0.15, 0.2) is 0 Å². The van der Waals surface area contributed by atoms with Crippen molar-refractivity contribution in [3.05, 3.63) is 0 Å². The first-order valence-electron chi connectivity index (χ1n) is 6.64. The van der Waals surface area contributed by atoms with Crippen LogP contribution in [0.1, 0.15) is 39.0 Å². The minimum atomic E-state index is -0.00407. The van der Waals surface area contributed by atoms with Gasteiger partial charge in [-0.25, -0.2) is 0 Å². The predicted octanol–water partition coefficient (Wildman–Crippen LogP) is 3.60. The molecule has 0 aromatic rings. The number of esters is 1. The Balaban J connectivity index is 1.77. The molecule has 1 unspecified atom stereocenters. The van der Waals surface area contributed by atoms with Crippen LogP contribution in [0.5, 0.6) is 0 Å². The summed E-state index contributed by atoms with van der Waals surface area (Å²) < 4.78 is 4.95. The Kier molecular flexibility index (Phi) is 9.07. The van der Waals surface area contributed by atoms with Crippen molar-refractivity contribution in [1.29, 1.82) is 0 Å². The summed E-state index contributed by atoms with van der Waals surface area (Å²) in [6.07, 6.45) is 5.66. The van der Waals surface area contributed by atoms with Crippen molar-refractivity contribution in [2.45, 2.75) is 39.0 Å². The maximum atomic E-state index is 10.9. The van der Waals surface area contributed by atoms with E-state index in [1.807, 2.05) is 0 Å². The lowest BCUT2D eigenvalue weighted by atomic mass is 10.0. The largest absolute Gasteiger partial charge is 0.465 e. The number of cyclic esters (lactones) is 1. The molecule has 0 aromatic heterocycles. The average molecular weight is 276 g/mol. The van der Waals surface area contributed by atoms with Crippen LogP contribution >= 0.6 is 23.5 Å². The zero-order valence-corrected chi connectivity index (χ0v) is 12.4. The van der Waals surface area contributed by atoms with E-state index in [4.69, 9.17) is 4.74 Å². The van der Waals surface area contributed by atoms with Gasteiger partial charge in [-0.2, -0.15) is 23.5 Å². The van der Waals surface area contributed by atoms with Gasteiger partial charge >= 0.3 is 5.97 Å². The molecule has 1 atom stereocenters. The predicted molar refractivity (Wildman–Crippen MR) is 77.9 cm³/mol. The topological polar surface area (TPSA) is 26.3 Å². The summed E-state index contributed by atoms with van der Waals surface area (Å²) in [6.45, 7) is 2.90. The third-order valence-electron chi connectivity index (χ3n) is 2.76. The fourth-order valence-corrected chi connectivity index (χ4v) is 3.78. The van der Waals surface area contributed by atoms with Crippen molar-refractivity contribution >= 4 is 29.5 Å². The molecule has 0 N–H and O–H groups in total. The fraction of sp³-hybridized carbons (Fsp3) is 0.923. The van der Waals surface area contributed by atoms with E-state index in [-0.39, 0.29) is 5.97 Å². The van der Waals surface area contributed by atoms with E-state index in [9.17, 15) is 4.79 Å². The molecular formula is C13H24O2S2. The highest BCUT2D eigenvalue weighted by atomic mass is 32.2. The number of hydrogen-bond donors (Lipinski definition) is 0. The van der Waals surface area contributed by atoms with Gasteiger partial charge in [-0.3, -0.25) is 4.79 Å². The fourth-order valence-electron chi connectivity index (χ4n) is 1.84. The van der Waals surface area contributed by atoms with E-state index in [1.165, 1.54) is 42.3 Å². The number of rotatable bonds is 10. The molecule has 1 fully saturated rings. The second-order valence-corrected chi connectivity index (χ2v) is 6.92. The van der Waals surface area contributed by atoms with Crippen LogP contribution in [-0.2, 0) is 9.53 Å². The lowest BCUT2D eigenvalue weighted by Gasteiger charge is -2.05. The van der Waals surface area contributed by atoms with Gasteiger partial charge in [-0.05, 0) is 48.7 Å². The van der Waals surface area contributed by atoms with Crippen LogP contribution < -0.4 is 0 Å². The van der Waals surface area contributed by atoms with Gasteiger partial charge < -0.3 is 4.74 Å². The van der Waals surface area contributed by atoms with E-state index in [2.05, 4.69) is 30.4 Å². The van der Waals surface area contributed by atoms with Crippen LogP contribution in [0, 0.1) is 5.92 Å². The number of thioether (sulfide) groups is 2. The third-order valence-corrected chi connectivity index (χ3v) is 5.19. The normalized spacial score (nSPS) is 19.6. The molecule has 0 aromatic carbocycles. The molecule has 0 radical (unpaired) electrons. The van der Waals surface area contributed by atoms with Gasteiger partial charge in [0, 0.05) is 5.92 Å². The van der Waals surface area contributed by atoms with Crippen LogP contribution in [0.4, 0.5) is 0 Å². The van der Waals surface area contributed by atoms with Crippen molar-refractivity contribution in [2.24, 2.45) is 5.92 Å². The Labute approximate surface area is 114 Å². The first-order valence-corrected chi connectivity index (χ1v) is 8.95. The number of carbonyl (C=O) groups is 1. The van der Waals surface area contributed by atoms with E-state index >= 15 is 0 Å². The van der Waals surface area contributed by atoms with Crippen molar-refractivity contribution < 1.29 is 9.53 Å². The van der Waals surface area contributed by atoms with Crippen molar-refractivity contribution in [1.82, 2.24) is 0 Å². The monoisotopic (exact) mass is 276 g/mol. The summed E-state index contributed by atoms with van der Waals surface area (Å²) in [6, 6.07) is 0. The van der Waals surface area contributed by atoms with Crippen LogP contribution in [0.25, 0.3) is 0 Å². The molecule has 0 aliphatic carbocycles. The molecule has 0 bridgehead atoms. The molecule has 17 heavy (non-hydrogen) atoms. The molecule has 4 heteroatoms. The van der Waals surface area contributed by atoms with Gasteiger partial charge in [-0.15, -0.1) is 0 Å². The van der Waals surface area contributed by atoms with Crippen LogP contribution in [-0.4, -0.2) is 35.6 Å². The second kappa shape index (κ2) is 10.1. The maximum absolute atomic E-state index is 10.9. The van der Waals surface area contributed by atoms with Gasteiger partial charge in [0.25, 0.3) is 0 Å². The Morgan fingerprint density at radius 2 is 1.88 bits per heavy atom. The summed E-state index contributed by atoms with van der Waals surface area (Å²) in [5.41, 5.74) is 0. The van der Waals surface area contributed by atoms with Crippen molar-refractivity contribution in [3.8, 4) is 0 Å². The first-order chi connectivity index (χ1) is 8.33. The Hall–Kier alpha value is 0.170. The van der Waals surface area contributed by atoms with E-state index in [0.29, 0.717) is 18.9 Å². The molecule has 1 heterocycles. The van der Waals surface area contributed by atoms with Crippen molar-refractivity contribution in [2.75, 3.05) is 29.6 Å².